The van der Waals surface area contributed by atoms with Gasteiger partial charge in [0.2, 0.25) is 0 Å². The van der Waals surface area contributed by atoms with Crippen LogP contribution in [0.15, 0.2) is 53.4 Å². The summed E-state index contributed by atoms with van der Waals surface area (Å²) >= 11 is 0. The Morgan fingerprint density at radius 2 is 1.79 bits per heavy atom. The fraction of sp³-hybridized carbons (Fsp3) is 0.125. The summed E-state index contributed by atoms with van der Waals surface area (Å²) in [4.78, 5) is 2.66. The molecule has 0 aliphatic rings. The van der Waals surface area contributed by atoms with Crippen molar-refractivity contribution in [2.75, 3.05) is 4.72 Å². The summed E-state index contributed by atoms with van der Waals surface area (Å²) in [6.07, 6.45) is -4.60. The maximum Gasteiger partial charge on any atom is 0.416 e. The molecule has 8 heteroatoms. The second-order valence-electron chi connectivity index (χ2n) is 5.39. The molecule has 0 aliphatic heterocycles. The molecule has 126 valence electrons. The number of anilines is 1. The SMILES string of the molecule is Cc1cc2cc(NS(=O)(=O)c3cccc(C(F)(F)F)c3)ccc2[nH]1. The zero-order chi connectivity index (χ0) is 17.5. The Morgan fingerprint density at radius 3 is 2.50 bits per heavy atom. The molecule has 0 saturated carbocycles. The molecule has 0 radical (unpaired) electrons. The van der Waals surface area contributed by atoms with Crippen LogP contribution in [0.5, 0.6) is 0 Å². The van der Waals surface area contributed by atoms with Crippen LogP contribution in [0.4, 0.5) is 18.9 Å². The van der Waals surface area contributed by atoms with Crippen molar-refractivity contribution in [1.82, 2.24) is 4.98 Å². The Kier molecular flexibility index (Phi) is 3.79. The number of hydrogen-bond donors (Lipinski definition) is 2. The smallest absolute Gasteiger partial charge is 0.359 e. The lowest BCUT2D eigenvalue weighted by Crippen LogP contribution is -2.14. The van der Waals surface area contributed by atoms with Crippen LogP contribution in [0.3, 0.4) is 0 Å². The molecule has 3 rings (SSSR count). The van der Waals surface area contributed by atoms with Crippen LogP contribution in [-0.2, 0) is 16.2 Å². The number of aryl methyl sites for hydroxylation is 1. The number of halogens is 3. The number of nitrogens with one attached hydrogen (secondary N) is 2. The molecule has 0 amide bonds. The average molecular weight is 354 g/mol. The minimum Gasteiger partial charge on any atom is -0.359 e. The van der Waals surface area contributed by atoms with Crippen molar-refractivity contribution in [3.63, 3.8) is 0 Å². The number of fused-ring (bicyclic) bond motifs is 1. The summed E-state index contributed by atoms with van der Waals surface area (Å²) in [7, 11) is -4.12. The van der Waals surface area contributed by atoms with Crippen molar-refractivity contribution < 1.29 is 21.6 Å². The van der Waals surface area contributed by atoms with E-state index in [9.17, 15) is 21.6 Å². The molecule has 3 aromatic rings. The van der Waals surface area contributed by atoms with Gasteiger partial charge in [0.25, 0.3) is 10.0 Å². The highest BCUT2D eigenvalue weighted by Gasteiger charge is 2.31. The monoisotopic (exact) mass is 354 g/mol. The van der Waals surface area contributed by atoms with Gasteiger partial charge in [0.1, 0.15) is 0 Å². The van der Waals surface area contributed by atoms with Gasteiger partial charge in [-0.05, 0) is 49.4 Å². The summed E-state index contributed by atoms with van der Waals surface area (Å²) in [5, 5.41) is 0.803. The predicted octanol–water partition coefficient (Wildman–Crippen LogP) is 4.30. The first-order valence-electron chi connectivity index (χ1n) is 6.95. The van der Waals surface area contributed by atoms with E-state index in [0.29, 0.717) is 6.07 Å². The minimum atomic E-state index is -4.60. The van der Waals surface area contributed by atoms with Gasteiger partial charge in [-0.1, -0.05) is 6.07 Å². The number of benzene rings is 2. The lowest BCUT2D eigenvalue weighted by atomic mass is 10.2. The van der Waals surface area contributed by atoms with Crippen molar-refractivity contribution in [3.05, 3.63) is 59.8 Å². The van der Waals surface area contributed by atoms with E-state index in [1.165, 1.54) is 0 Å². The average Bonchev–Trinajstić information content (AvgIpc) is 2.85. The van der Waals surface area contributed by atoms with E-state index in [4.69, 9.17) is 0 Å². The van der Waals surface area contributed by atoms with E-state index in [1.54, 1.807) is 18.2 Å². The molecular weight excluding hydrogens is 341 g/mol. The first-order chi connectivity index (χ1) is 11.1. The van der Waals surface area contributed by atoms with Gasteiger partial charge in [-0.2, -0.15) is 13.2 Å². The standard InChI is InChI=1S/C16H13F3N2O2S/c1-10-7-11-8-13(5-6-15(11)20-10)21-24(22,23)14-4-2-3-12(9-14)16(17,18)19/h2-9,20-21H,1H3. The van der Waals surface area contributed by atoms with Crippen LogP contribution in [-0.4, -0.2) is 13.4 Å². The van der Waals surface area contributed by atoms with Gasteiger partial charge in [-0.3, -0.25) is 4.72 Å². The van der Waals surface area contributed by atoms with Gasteiger partial charge in [-0.15, -0.1) is 0 Å². The first-order valence-corrected chi connectivity index (χ1v) is 8.43. The first kappa shape index (κ1) is 16.4. The Labute approximate surface area is 136 Å². The predicted molar refractivity (Wildman–Crippen MR) is 85.3 cm³/mol. The van der Waals surface area contributed by atoms with Crippen molar-refractivity contribution in [2.45, 2.75) is 18.0 Å². The van der Waals surface area contributed by atoms with E-state index < -0.39 is 26.7 Å². The second-order valence-corrected chi connectivity index (χ2v) is 7.07. The zero-order valence-electron chi connectivity index (χ0n) is 12.5. The maximum absolute atomic E-state index is 12.7. The van der Waals surface area contributed by atoms with Gasteiger partial charge in [0, 0.05) is 22.3 Å². The third kappa shape index (κ3) is 3.23. The van der Waals surface area contributed by atoms with Crippen LogP contribution in [0, 0.1) is 6.92 Å². The molecule has 4 nitrogen and oxygen atoms in total. The van der Waals surface area contributed by atoms with Gasteiger partial charge in [0.15, 0.2) is 0 Å². The van der Waals surface area contributed by atoms with E-state index in [2.05, 4.69) is 9.71 Å². The van der Waals surface area contributed by atoms with E-state index in [1.807, 2.05) is 13.0 Å². The Hall–Kier alpha value is -2.48. The Bertz CT molecular complexity index is 1010. The molecule has 0 bridgehead atoms. The van der Waals surface area contributed by atoms with Gasteiger partial charge >= 0.3 is 6.18 Å². The number of H-pyrrole nitrogens is 1. The summed E-state index contributed by atoms with van der Waals surface area (Å²) in [6, 6.07) is 10.3. The fourth-order valence-corrected chi connectivity index (χ4v) is 3.49. The molecular formula is C16H13F3N2O2S. The Balaban J connectivity index is 1.95. The number of rotatable bonds is 3. The molecule has 24 heavy (non-hydrogen) atoms. The molecule has 1 heterocycles. The summed E-state index contributed by atoms with van der Waals surface area (Å²) in [5.41, 5.74) is 1.03. The minimum absolute atomic E-state index is 0.277. The lowest BCUT2D eigenvalue weighted by Gasteiger charge is -2.11. The van der Waals surface area contributed by atoms with E-state index in [0.717, 1.165) is 34.8 Å². The van der Waals surface area contributed by atoms with Crippen molar-refractivity contribution in [1.29, 1.82) is 0 Å². The maximum atomic E-state index is 12.7. The molecule has 0 unspecified atom stereocenters. The summed E-state index contributed by atoms with van der Waals surface area (Å²) < 4.78 is 65.2. The zero-order valence-corrected chi connectivity index (χ0v) is 13.3. The normalized spacial score (nSPS) is 12.5. The molecule has 0 atom stereocenters. The molecule has 2 aromatic carbocycles. The molecule has 2 N–H and O–H groups in total. The number of hydrogen-bond acceptors (Lipinski definition) is 2. The Morgan fingerprint density at radius 1 is 1.04 bits per heavy atom. The molecule has 0 spiro atoms. The largest absolute Gasteiger partial charge is 0.416 e. The highest BCUT2D eigenvalue weighted by Crippen LogP contribution is 2.31. The number of alkyl halides is 3. The van der Waals surface area contributed by atoms with E-state index in [-0.39, 0.29) is 5.69 Å². The van der Waals surface area contributed by atoms with Crippen LogP contribution in [0.1, 0.15) is 11.3 Å². The molecule has 0 aliphatic carbocycles. The lowest BCUT2D eigenvalue weighted by molar-refractivity contribution is -0.137. The summed E-state index contributed by atoms with van der Waals surface area (Å²) in [6.45, 7) is 1.87. The highest BCUT2D eigenvalue weighted by molar-refractivity contribution is 7.92. The van der Waals surface area contributed by atoms with Crippen molar-refractivity contribution in [3.8, 4) is 0 Å². The quantitative estimate of drug-likeness (QED) is 0.737. The van der Waals surface area contributed by atoms with Crippen molar-refractivity contribution in [2.24, 2.45) is 0 Å². The molecule has 1 aromatic heterocycles. The van der Waals surface area contributed by atoms with Crippen LogP contribution in [0.25, 0.3) is 10.9 Å². The van der Waals surface area contributed by atoms with Gasteiger partial charge in [0.05, 0.1) is 10.5 Å². The number of aromatic nitrogens is 1. The number of aromatic amines is 1. The third-order valence-electron chi connectivity index (χ3n) is 3.48. The van der Waals surface area contributed by atoms with Gasteiger partial charge in [-0.25, -0.2) is 8.42 Å². The molecule has 0 saturated heterocycles. The third-order valence-corrected chi connectivity index (χ3v) is 4.86. The van der Waals surface area contributed by atoms with Crippen LogP contribution >= 0.6 is 0 Å². The summed E-state index contributed by atoms with van der Waals surface area (Å²) in [5.74, 6) is 0. The van der Waals surface area contributed by atoms with Crippen LogP contribution in [0.2, 0.25) is 0 Å². The highest BCUT2D eigenvalue weighted by atomic mass is 32.2. The van der Waals surface area contributed by atoms with Gasteiger partial charge < -0.3 is 4.98 Å². The fourth-order valence-electron chi connectivity index (χ4n) is 2.39. The van der Waals surface area contributed by atoms with Crippen LogP contribution < -0.4 is 4.72 Å². The topological polar surface area (TPSA) is 62.0 Å². The number of sulfonamides is 1. The second kappa shape index (κ2) is 5.55. The van der Waals surface area contributed by atoms with Crippen molar-refractivity contribution >= 4 is 26.6 Å². The molecule has 0 fully saturated rings. The van der Waals surface area contributed by atoms with E-state index >= 15 is 0 Å².